The SMILES string of the molecule is CC[N+]1(Cc2ccc(C=CC3=C(C(=O)O)N4C(=O)[C@@H](CC(=O)/C(=N\OC(C)(C)C(=O)O)c5csc(N)n5)[C@H]4SC3)cc2)CCc2cc(O)c(O)cc2C1. The average molecular weight is 763 g/mol. The van der Waals surface area contributed by atoms with Gasteiger partial charge in [0, 0.05) is 35.1 Å². The van der Waals surface area contributed by atoms with Gasteiger partial charge in [0.15, 0.2) is 28.1 Å². The number of quaternary nitrogens is 1. The average Bonchev–Trinajstić information content (AvgIpc) is 3.55. The lowest BCUT2D eigenvalue weighted by atomic mass is 9.89. The molecule has 2 aromatic carbocycles. The lowest BCUT2D eigenvalue weighted by Gasteiger charge is -2.49. The molecule has 0 radical (unpaired) electrons. The van der Waals surface area contributed by atoms with Crippen LogP contribution in [0.5, 0.6) is 11.5 Å². The zero-order valence-corrected chi connectivity index (χ0v) is 30.9. The van der Waals surface area contributed by atoms with Crippen molar-refractivity contribution < 1.29 is 48.9 Å². The van der Waals surface area contributed by atoms with Gasteiger partial charge >= 0.3 is 11.9 Å². The van der Waals surface area contributed by atoms with Crippen molar-refractivity contribution in [3.05, 3.63) is 87.1 Å². The molecule has 14 nitrogen and oxygen atoms in total. The second-order valence-corrected chi connectivity index (χ2v) is 15.9. The number of Topliss-reactive ketones (excluding diaryl/α,β-unsaturated/α-hetero) is 1. The highest BCUT2D eigenvalue weighted by Crippen LogP contribution is 2.46. The van der Waals surface area contributed by atoms with Crippen molar-refractivity contribution in [2.24, 2.45) is 11.1 Å². The van der Waals surface area contributed by atoms with Gasteiger partial charge in [-0.15, -0.1) is 23.1 Å². The fraction of sp³-hybridized carbons (Fsp3) is 0.351. The molecular formula is C37H40N5O9S2+. The van der Waals surface area contributed by atoms with E-state index in [-0.39, 0.29) is 40.2 Å². The zero-order valence-electron chi connectivity index (χ0n) is 29.3. The number of hydrogen-bond donors (Lipinski definition) is 5. The summed E-state index contributed by atoms with van der Waals surface area (Å²) in [6.45, 7) is 8.01. The van der Waals surface area contributed by atoms with E-state index in [1.54, 1.807) is 18.2 Å². The number of anilines is 1. The van der Waals surface area contributed by atoms with Crippen LogP contribution in [0.4, 0.5) is 5.13 Å². The number of carboxylic acids is 2. The van der Waals surface area contributed by atoms with E-state index < -0.39 is 40.5 Å². The summed E-state index contributed by atoms with van der Waals surface area (Å²) < 4.78 is 0.806. The number of hydrogen-bond acceptors (Lipinski definition) is 12. The molecule has 3 atom stereocenters. The van der Waals surface area contributed by atoms with Crippen LogP contribution in [0.25, 0.3) is 6.08 Å². The summed E-state index contributed by atoms with van der Waals surface area (Å²) in [6.07, 6.45) is 4.00. The van der Waals surface area contributed by atoms with E-state index >= 15 is 0 Å². The standard InChI is InChI=1S/C37H39N5O9S2/c1-4-42(12-11-22-13-27(43)28(44)14-24(22)17-42)16-21-7-5-20(6-8-21)9-10-23-18-52-33-25(32(46)41(33)31(23)34(47)48)15-29(45)30(26-19-53-36(38)39-26)40-51-37(2,3)35(49)50/h5-10,13-14,19,25,33H,4,11-12,15-18H2,1-3H3,(H5-,38,39,40,43,44,45,47,48,49,50)/p+1/t25-,33-,42?/m1/s1. The van der Waals surface area contributed by atoms with Crippen LogP contribution in [-0.4, -0.2) is 94.0 Å². The highest BCUT2D eigenvalue weighted by molar-refractivity contribution is 8.00. The molecule has 0 spiro atoms. The third-order valence-corrected chi connectivity index (χ3v) is 12.0. The van der Waals surface area contributed by atoms with Crippen molar-refractivity contribution in [2.75, 3.05) is 24.6 Å². The number of carbonyl (C=O) groups is 4. The van der Waals surface area contributed by atoms with Crippen LogP contribution in [0.2, 0.25) is 0 Å². The summed E-state index contributed by atoms with van der Waals surface area (Å²) in [5.41, 5.74) is 8.20. The Morgan fingerprint density at radius 1 is 1.11 bits per heavy atom. The van der Waals surface area contributed by atoms with Crippen molar-refractivity contribution in [3.63, 3.8) is 0 Å². The summed E-state index contributed by atoms with van der Waals surface area (Å²) >= 11 is 2.40. The number of nitrogens with zero attached hydrogens (tertiary/aromatic N) is 4. The molecule has 0 saturated carbocycles. The first-order valence-electron chi connectivity index (χ1n) is 16.9. The Balaban J connectivity index is 1.14. The molecule has 1 aromatic heterocycles. The van der Waals surface area contributed by atoms with Crippen LogP contribution in [0.1, 0.15) is 55.1 Å². The Morgan fingerprint density at radius 3 is 2.43 bits per heavy atom. The number of ketones is 1. The monoisotopic (exact) mass is 762 g/mol. The number of phenols is 2. The maximum atomic E-state index is 13.5. The normalized spacial score (nSPS) is 21.6. The number of thiazole rings is 1. The highest BCUT2D eigenvalue weighted by Gasteiger charge is 2.54. The fourth-order valence-corrected chi connectivity index (χ4v) is 8.65. The Kier molecular flexibility index (Phi) is 10.4. The van der Waals surface area contributed by atoms with E-state index in [1.165, 1.54) is 35.9 Å². The van der Waals surface area contributed by atoms with Gasteiger partial charge in [0.25, 0.3) is 0 Å². The van der Waals surface area contributed by atoms with Gasteiger partial charge < -0.3 is 35.5 Å². The number of rotatable bonds is 13. The first-order chi connectivity index (χ1) is 25.1. The molecule has 1 fully saturated rings. The number of carboxylic acid groups (broad SMARTS) is 2. The molecule has 16 heteroatoms. The first-order valence-corrected chi connectivity index (χ1v) is 18.9. The fourth-order valence-electron chi connectivity index (χ4n) is 6.71. The number of aromatic nitrogens is 1. The number of likely N-dealkylation sites (N-methyl/N-ethyl adjacent to an activating group) is 1. The number of oxime groups is 1. The first kappa shape index (κ1) is 37.6. The molecule has 3 aliphatic rings. The van der Waals surface area contributed by atoms with Gasteiger partial charge in [-0.25, -0.2) is 14.6 Å². The topological polar surface area (TPSA) is 213 Å². The second-order valence-electron chi connectivity index (χ2n) is 13.9. The van der Waals surface area contributed by atoms with Crippen molar-refractivity contribution in [1.29, 1.82) is 0 Å². The molecule has 3 aromatic rings. The zero-order chi connectivity index (χ0) is 38.2. The Bertz CT molecular complexity index is 2070. The minimum Gasteiger partial charge on any atom is -0.504 e. The second kappa shape index (κ2) is 14.7. The molecule has 278 valence electrons. The van der Waals surface area contributed by atoms with Gasteiger partial charge in [-0.05, 0) is 49.6 Å². The minimum atomic E-state index is -1.75. The highest BCUT2D eigenvalue weighted by atomic mass is 32.2. The molecule has 1 unspecified atom stereocenters. The Morgan fingerprint density at radius 2 is 1.81 bits per heavy atom. The van der Waals surface area contributed by atoms with Crippen LogP contribution in [-0.2, 0) is 43.5 Å². The molecule has 0 aliphatic carbocycles. The summed E-state index contributed by atoms with van der Waals surface area (Å²) in [7, 11) is 0. The lowest BCUT2D eigenvalue weighted by molar-refractivity contribution is -0.953. The number of phenolic OH excluding ortho intramolecular Hbond substituents is 2. The van der Waals surface area contributed by atoms with Gasteiger partial charge in [-0.2, -0.15) is 0 Å². The van der Waals surface area contributed by atoms with Gasteiger partial charge in [0.05, 0.1) is 24.4 Å². The number of nitrogens with two attached hydrogens (primary N) is 1. The number of benzene rings is 2. The quantitative estimate of drug-likeness (QED) is 0.0541. The third kappa shape index (κ3) is 7.65. The van der Waals surface area contributed by atoms with Crippen molar-refractivity contribution >= 4 is 63.6 Å². The van der Waals surface area contributed by atoms with Gasteiger partial charge in [-0.3, -0.25) is 14.5 Å². The van der Waals surface area contributed by atoms with Crippen molar-refractivity contribution in [1.82, 2.24) is 9.88 Å². The van der Waals surface area contributed by atoms with Crippen LogP contribution in [0.3, 0.4) is 0 Å². The number of aromatic hydroxyl groups is 2. The van der Waals surface area contributed by atoms with Gasteiger partial charge in [0.2, 0.25) is 11.5 Å². The molecule has 6 rings (SSSR count). The Hall–Kier alpha value is -5.19. The van der Waals surface area contributed by atoms with E-state index in [0.29, 0.717) is 11.3 Å². The van der Waals surface area contributed by atoms with E-state index in [9.17, 15) is 39.6 Å². The summed E-state index contributed by atoms with van der Waals surface area (Å²) in [6, 6.07) is 11.3. The summed E-state index contributed by atoms with van der Waals surface area (Å²) in [4.78, 5) is 61.4. The van der Waals surface area contributed by atoms with Crippen LogP contribution < -0.4 is 5.73 Å². The third-order valence-electron chi connectivity index (χ3n) is 9.93. The molecule has 6 N–H and O–H groups in total. The number of aliphatic carboxylic acids is 2. The van der Waals surface area contributed by atoms with Crippen molar-refractivity contribution in [3.8, 4) is 11.5 Å². The predicted octanol–water partition coefficient (Wildman–Crippen LogP) is 4.36. The van der Waals surface area contributed by atoms with Gasteiger partial charge in [0.1, 0.15) is 24.5 Å². The smallest absolute Gasteiger partial charge is 0.352 e. The summed E-state index contributed by atoms with van der Waals surface area (Å²) in [5.74, 6) is -4.46. The van der Waals surface area contributed by atoms with E-state index in [4.69, 9.17) is 10.6 Å². The lowest BCUT2D eigenvalue weighted by Crippen LogP contribution is -2.62. The van der Waals surface area contributed by atoms with E-state index in [2.05, 4.69) is 17.1 Å². The molecule has 0 bridgehead atoms. The summed E-state index contributed by atoms with van der Waals surface area (Å²) in [5, 5.41) is 44.4. The van der Waals surface area contributed by atoms with Crippen molar-refractivity contribution in [2.45, 2.75) is 57.7 Å². The largest absolute Gasteiger partial charge is 0.504 e. The maximum absolute atomic E-state index is 13.5. The number of amides is 1. The molecule has 3 aliphatic heterocycles. The number of allylic oxidation sites excluding steroid dienone is 1. The van der Waals surface area contributed by atoms with Crippen LogP contribution in [0.15, 0.2) is 64.3 Å². The van der Waals surface area contributed by atoms with Crippen LogP contribution >= 0.6 is 23.1 Å². The molecular weight excluding hydrogens is 723 g/mol. The molecule has 4 heterocycles. The Labute approximate surface area is 313 Å². The number of carbonyl (C=O) groups excluding carboxylic acids is 2. The number of thioether (sulfide) groups is 1. The van der Waals surface area contributed by atoms with Gasteiger partial charge in [-0.1, -0.05) is 41.6 Å². The molecule has 1 saturated heterocycles. The number of nitrogen functional groups attached to an aromatic ring is 1. The molecule has 1 amide bonds. The minimum absolute atomic E-state index is 0.0805. The number of β-lactam (4-membered cyclic amide) rings is 1. The molecule has 53 heavy (non-hydrogen) atoms. The van der Waals surface area contributed by atoms with E-state index in [0.717, 1.165) is 70.7 Å². The van der Waals surface area contributed by atoms with Crippen LogP contribution in [0, 0.1) is 5.92 Å². The maximum Gasteiger partial charge on any atom is 0.352 e. The van der Waals surface area contributed by atoms with E-state index in [1.807, 2.05) is 30.3 Å². The number of fused-ring (bicyclic) bond motifs is 2. The predicted molar refractivity (Wildman–Crippen MR) is 199 cm³/mol.